The summed E-state index contributed by atoms with van der Waals surface area (Å²) < 4.78 is 0. The van der Waals surface area contributed by atoms with E-state index >= 15 is 0 Å². The van der Waals surface area contributed by atoms with Crippen molar-refractivity contribution >= 4 is 0 Å². The first-order chi connectivity index (χ1) is 7.29. The molecule has 0 aliphatic rings. The second kappa shape index (κ2) is 4.29. The van der Waals surface area contributed by atoms with E-state index in [4.69, 9.17) is 0 Å². The largest absolute Gasteiger partial charge is 0.341 e. The Morgan fingerprint density at radius 1 is 1.40 bits per heavy atom. The Balaban J connectivity index is 2.13. The van der Waals surface area contributed by atoms with Crippen LogP contribution in [0.2, 0.25) is 0 Å². The molecule has 0 unspecified atom stereocenters. The zero-order valence-electron chi connectivity index (χ0n) is 9.17. The van der Waals surface area contributed by atoms with Crippen molar-refractivity contribution in [2.24, 2.45) is 0 Å². The van der Waals surface area contributed by atoms with Crippen LogP contribution in [-0.2, 0) is 6.42 Å². The minimum absolute atomic E-state index is 0.852. The molecule has 2 rings (SSSR count). The highest BCUT2D eigenvalue weighted by molar-refractivity contribution is 5.49. The highest BCUT2D eigenvalue weighted by Gasteiger charge is 2.05. The zero-order chi connectivity index (χ0) is 10.7. The van der Waals surface area contributed by atoms with Crippen molar-refractivity contribution in [2.45, 2.75) is 33.1 Å². The molecule has 0 aliphatic heterocycles. The third kappa shape index (κ3) is 2.26. The van der Waals surface area contributed by atoms with Crippen molar-refractivity contribution in [3.63, 3.8) is 0 Å². The van der Waals surface area contributed by atoms with Gasteiger partial charge in [-0.2, -0.15) is 5.10 Å². The molecule has 2 N–H and O–H groups in total. The molecule has 4 nitrogen and oxygen atoms in total. The maximum absolute atomic E-state index is 4.31. The lowest BCUT2D eigenvalue weighted by atomic mass is 10.2. The second-order valence-electron chi connectivity index (χ2n) is 3.80. The second-order valence-corrected chi connectivity index (χ2v) is 3.80. The molecule has 0 aliphatic carbocycles. The molecule has 15 heavy (non-hydrogen) atoms. The minimum Gasteiger partial charge on any atom is -0.341 e. The summed E-state index contributed by atoms with van der Waals surface area (Å²) >= 11 is 0. The van der Waals surface area contributed by atoms with Crippen LogP contribution in [0.1, 0.15) is 31.2 Å². The van der Waals surface area contributed by atoms with Gasteiger partial charge in [0.05, 0.1) is 0 Å². The summed E-state index contributed by atoms with van der Waals surface area (Å²) in [6.07, 6.45) is 5.36. The van der Waals surface area contributed by atoms with Crippen LogP contribution in [0.15, 0.2) is 12.3 Å². The molecule has 0 bridgehead atoms. The average molecular weight is 204 g/mol. The molecule has 0 fully saturated rings. The van der Waals surface area contributed by atoms with E-state index in [1.807, 2.05) is 19.2 Å². The highest BCUT2D eigenvalue weighted by Crippen LogP contribution is 2.14. The number of H-pyrrole nitrogens is 2. The molecule has 0 saturated heterocycles. The third-order valence-corrected chi connectivity index (χ3v) is 2.38. The van der Waals surface area contributed by atoms with E-state index in [2.05, 4.69) is 27.1 Å². The number of nitrogens with zero attached hydrogens (tertiary/aromatic N) is 2. The molecular formula is C11H16N4. The summed E-state index contributed by atoms with van der Waals surface area (Å²) in [6.45, 7) is 4.17. The van der Waals surface area contributed by atoms with E-state index in [1.165, 1.54) is 18.5 Å². The molecule has 2 aromatic heterocycles. The smallest absolute Gasteiger partial charge is 0.158 e. The highest BCUT2D eigenvalue weighted by atomic mass is 15.1. The van der Waals surface area contributed by atoms with Gasteiger partial charge in [-0.05, 0) is 25.8 Å². The van der Waals surface area contributed by atoms with E-state index in [1.54, 1.807) is 0 Å². The lowest BCUT2D eigenvalue weighted by Crippen LogP contribution is -1.85. The Morgan fingerprint density at radius 2 is 2.27 bits per heavy atom. The average Bonchev–Trinajstić information content (AvgIpc) is 2.83. The number of imidazole rings is 1. The molecule has 0 saturated carbocycles. The number of hydrogen-bond acceptors (Lipinski definition) is 2. The van der Waals surface area contributed by atoms with Gasteiger partial charge >= 0.3 is 0 Å². The van der Waals surface area contributed by atoms with Crippen LogP contribution in [0.4, 0.5) is 0 Å². The first-order valence-electron chi connectivity index (χ1n) is 5.36. The van der Waals surface area contributed by atoms with Gasteiger partial charge in [-0.1, -0.05) is 13.3 Å². The first-order valence-corrected chi connectivity index (χ1v) is 5.36. The third-order valence-electron chi connectivity index (χ3n) is 2.38. The Bertz CT molecular complexity index is 427. The Labute approximate surface area is 89.1 Å². The van der Waals surface area contributed by atoms with Crippen LogP contribution >= 0.6 is 0 Å². The minimum atomic E-state index is 0.852. The van der Waals surface area contributed by atoms with Crippen LogP contribution < -0.4 is 0 Å². The lowest BCUT2D eigenvalue weighted by molar-refractivity contribution is 0.781. The van der Waals surface area contributed by atoms with Gasteiger partial charge in [0.1, 0.15) is 5.69 Å². The van der Waals surface area contributed by atoms with E-state index < -0.39 is 0 Å². The fourth-order valence-corrected chi connectivity index (χ4v) is 1.52. The number of rotatable bonds is 4. The fraction of sp³-hybridized carbons (Fsp3) is 0.455. The fourth-order valence-electron chi connectivity index (χ4n) is 1.52. The number of hydrogen-bond donors (Lipinski definition) is 2. The summed E-state index contributed by atoms with van der Waals surface area (Å²) in [7, 11) is 0. The SMILES string of the molecule is CCCCc1cnc(-c2cc(C)[nH]n2)[nH]1. The normalized spacial score (nSPS) is 10.8. The van der Waals surface area contributed by atoms with Gasteiger partial charge in [0.15, 0.2) is 5.82 Å². The number of aromatic amines is 2. The molecule has 0 atom stereocenters. The topological polar surface area (TPSA) is 57.4 Å². The molecule has 80 valence electrons. The predicted octanol–water partition coefficient (Wildman–Crippen LogP) is 2.45. The molecule has 0 radical (unpaired) electrons. The van der Waals surface area contributed by atoms with Gasteiger partial charge in [-0.25, -0.2) is 4.98 Å². The lowest BCUT2D eigenvalue weighted by Gasteiger charge is -1.92. The molecule has 0 amide bonds. The van der Waals surface area contributed by atoms with Gasteiger partial charge in [0, 0.05) is 17.6 Å². The van der Waals surface area contributed by atoms with Crippen molar-refractivity contribution in [3.8, 4) is 11.5 Å². The van der Waals surface area contributed by atoms with Crippen LogP contribution in [0.5, 0.6) is 0 Å². The summed E-state index contributed by atoms with van der Waals surface area (Å²) in [4.78, 5) is 7.60. The monoisotopic (exact) mass is 204 g/mol. The van der Waals surface area contributed by atoms with Crippen molar-refractivity contribution in [1.82, 2.24) is 20.2 Å². The van der Waals surface area contributed by atoms with Crippen LogP contribution in [0, 0.1) is 6.92 Å². The van der Waals surface area contributed by atoms with Gasteiger partial charge in [0.25, 0.3) is 0 Å². The summed E-state index contributed by atoms with van der Waals surface area (Å²) in [6, 6.07) is 1.99. The van der Waals surface area contributed by atoms with E-state index in [-0.39, 0.29) is 0 Å². The van der Waals surface area contributed by atoms with Crippen LogP contribution in [-0.4, -0.2) is 20.2 Å². The zero-order valence-corrected chi connectivity index (χ0v) is 9.17. The Hall–Kier alpha value is -1.58. The van der Waals surface area contributed by atoms with Crippen LogP contribution in [0.3, 0.4) is 0 Å². The predicted molar refractivity (Wildman–Crippen MR) is 59.5 cm³/mol. The van der Waals surface area contributed by atoms with E-state index in [9.17, 15) is 0 Å². The summed E-state index contributed by atoms with van der Waals surface area (Å²) in [5.74, 6) is 0.852. The number of unbranched alkanes of at least 4 members (excludes halogenated alkanes) is 1. The molecule has 2 heterocycles. The van der Waals surface area contributed by atoms with Gasteiger partial charge < -0.3 is 4.98 Å². The summed E-state index contributed by atoms with van der Waals surface area (Å²) in [5, 5.41) is 7.07. The van der Waals surface area contributed by atoms with Crippen molar-refractivity contribution < 1.29 is 0 Å². The maximum Gasteiger partial charge on any atom is 0.158 e. The quantitative estimate of drug-likeness (QED) is 0.803. The van der Waals surface area contributed by atoms with Gasteiger partial charge in [-0.3, -0.25) is 5.10 Å². The van der Waals surface area contributed by atoms with Crippen LogP contribution in [0.25, 0.3) is 11.5 Å². The molecular weight excluding hydrogens is 188 g/mol. The van der Waals surface area contributed by atoms with Gasteiger partial charge in [-0.15, -0.1) is 0 Å². The molecule has 0 aromatic carbocycles. The van der Waals surface area contributed by atoms with Crippen molar-refractivity contribution in [1.29, 1.82) is 0 Å². The summed E-state index contributed by atoms with van der Waals surface area (Å²) in [5.41, 5.74) is 3.12. The van der Waals surface area contributed by atoms with Crippen molar-refractivity contribution in [3.05, 3.63) is 23.7 Å². The van der Waals surface area contributed by atoms with Crippen molar-refractivity contribution in [2.75, 3.05) is 0 Å². The first kappa shape index (κ1) is 9.96. The molecule has 2 aromatic rings. The number of aromatic nitrogens is 4. The molecule has 0 spiro atoms. The van der Waals surface area contributed by atoms with E-state index in [0.29, 0.717) is 0 Å². The molecule has 4 heteroatoms. The Morgan fingerprint density at radius 3 is 2.93 bits per heavy atom. The standard InChI is InChI=1S/C11H16N4/c1-3-4-5-9-7-12-11(13-9)10-6-8(2)14-15-10/h6-7H,3-5H2,1-2H3,(H,12,13)(H,14,15). The van der Waals surface area contributed by atoms with E-state index in [0.717, 1.165) is 23.6 Å². The van der Waals surface area contributed by atoms with Gasteiger partial charge in [0.2, 0.25) is 0 Å². The maximum atomic E-state index is 4.31. The number of nitrogens with one attached hydrogen (secondary N) is 2. The Kier molecular flexibility index (Phi) is 2.85. The number of aryl methyl sites for hydroxylation is 2.